The summed E-state index contributed by atoms with van der Waals surface area (Å²) < 4.78 is 14.3. The predicted octanol–water partition coefficient (Wildman–Crippen LogP) is 9.05. The lowest BCUT2D eigenvalue weighted by molar-refractivity contribution is 0.181. The van der Waals surface area contributed by atoms with Gasteiger partial charge in [0.15, 0.2) is 13.9 Å². The standard InChI is InChI=1S/C47H57N5O7Si/c1-47(2,3)60(4,5)59-42(36-20-22-40(53)44-37(36)21-24-43(54)50-44)29-49-28-31-14-23-41-39(27-31)51(46(57)58-41)25-9-10-30-13-19-35(32-11-7-6-8-12-32)38(26-30)52(45(55)56)34-17-15-33(48)16-18-34/h6-8,11-14,19-24,26-27,33-34,42,49,53H,9-10,15-18,25,28-29,48H2,1-5H3,(H,50,54)(H,55,56)/t33-,34-,42-/m0/s1. The second-order valence-electron chi connectivity index (χ2n) is 17.6. The number of pyridine rings is 1. The van der Waals surface area contributed by atoms with Crippen molar-refractivity contribution in [3.63, 3.8) is 0 Å². The van der Waals surface area contributed by atoms with Gasteiger partial charge in [0.05, 0.1) is 22.8 Å². The van der Waals surface area contributed by atoms with Crippen molar-refractivity contribution in [2.45, 2.75) is 109 Å². The third-order valence-electron chi connectivity index (χ3n) is 12.5. The van der Waals surface area contributed by atoms with Crippen molar-refractivity contribution >= 4 is 42.1 Å². The first-order valence-corrected chi connectivity index (χ1v) is 23.8. The number of aromatic amines is 1. The largest absolute Gasteiger partial charge is 0.506 e. The SMILES string of the molecule is CC(C)(C)[Si](C)(C)O[C@@H](CNCc1ccc2oc(=O)n(CCCc3ccc(-c4ccccc4)c(N(C(=O)O)[C@H]4CC[C@H](N)CC4)c3)c2c1)c1ccc(O)c2[nH]c(=O)ccc12. The van der Waals surface area contributed by atoms with Crippen LogP contribution >= 0.6 is 0 Å². The second-order valence-corrected chi connectivity index (χ2v) is 22.4. The van der Waals surface area contributed by atoms with Crippen LogP contribution in [0.3, 0.4) is 0 Å². The number of fused-ring (bicyclic) bond motifs is 2. The number of aromatic hydroxyl groups is 1. The number of aromatic nitrogens is 2. The van der Waals surface area contributed by atoms with Gasteiger partial charge >= 0.3 is 11.8 Å². The van der Waals surface area contributed by atoms with Crippen LogP contribution < -0.4 is 27.3 Å². The number of hydrogen-bond donors (Lipinski definition) is 5. The highest BCUT2D eigenvalue weighted by atomic mass is 28.4. The molecule has 13 heteroatoms. The molecule has 1 saturated carbocycles. The Morgan fingerprint density at radius 2 is 1.72 bits per heavy atom. The number of nitrogens with one attached hydrogen (secondary N) is 2. The minimum Gasteiger partial charge on any atom is -0.506 e. The number of nitrogens with zero attached hydrogens (tertiary/aromatic N) is 2. The smallest absolute Gasteiger partial charge is 0.419 e. The number of amides is 1. The van der Waals surface area contributed by atoms with Crippen molar-refractivity contribution in [2.75, 3.05) is 11.4 Å². The van der Waals surface area contributed by atoms with Crippen LogP contribution in [0.15, 0.2) is 105 Å². The zero-order chi connectivity index (χ0) is 42.8. The van der Waals surface area contributed by atoms with E-state index in [1.165, 1.54) is 11.0 Å². The van der Waals surface area contributed by atoms with Gasteiger partial charge in [-0.05, 0) is 109 Å². The first kappa shape index (κ1) is 42.6. The third-order valence-corrected chi connectivity index (χ3v) is 16.9. The monoisotopic (exact) mass is 831 g/mol. The zero-order valence-electron chi connectivity index (χ0n) is 35.2. The van der Waals surface area contributed by atoms with Gasteiger partial charge in [0.25, 0.3) is 0 Å². The fourth-order valence-electron chi connectivity index (χ4n) is 8.12. The van der Waals surface area contributed by atoms with E-state index in [9.17, 15) is 24.6 Å². The molecular formula is C47H57N5O7Si. The summed E-state index contributed by atoms with van der Waals surface area (Å²) in [5.41, 5.74) is 12.8. The Morgan fingerprint density at radius 3 is 2.43 bits per heavy atom. The molecule has 2 aromatic heterocycles. The van der Waals surface area contributed by atoms with E-state index >= 15 is 0 Å². The van der Waals surface area contributed by atoms with Crippen LogP contribution in [0.1, 0.15) is 75.7 Å². The number of rotatable bonds is 14. The molecule has 6 aromatic rings. The molecule has 0 radical (unpaired) electrons. The molecule has 0 bridgehead atoms. The summed E-state index contributed by atoms with van der Waals surface area (Å²) in [5, 5.41) is 25.4. The number of nitrogens with two attached hydrogens (primary N) is 1. The molecule has 0 unspecified atom stereocenters. The lowest BCUT2D eigenvalue weighted by Crippen LogP contribution is -2.44. The van der Waals surface area contributed by atoms with Gasteiger partial charge in [-0.1, -0.05) is 75.4 Å². The molecule has 316 valence electrons. The molecule has 1 aliphatic carbocycles. The van der Waals surface area contributed by atoms with Gasteiger partial charge < -0.3 is 35.1 Å². The molecule has 1 amide bonds. The molecule has 60 heavy (non-hydrogen) atoms. The van der Waals surface area contributed by atoms with Crippen LogP contribution in [0.25, 0.3) is 33.1 Å². The number of H-pyrrole nitrogens is 1. The minimum absolute atomic E-state index is 0.00104. The number of oxazole rings is 1. The van der Waals surface area contributed by atoms with Gasteiger partial charge in [-0.2, -0.15) is 0 Å². The first-order valence-electron chi connectivity index (χ1n) is 20.9. The molecule has 4 aromatic carbocycles. The molecule has 1 aliphatic rings. The number of anilines is 1. The predicted molar refractivity (Wildman–Crippen MR) is 240 cm³/mol. The molecule has 0 saturated heterocycles. The zero-order valence-corrected chi connectivity index (χ0v) is 36.2. The second kappa shape index (κ2) is 17.6. The molecule has 0 spiro atoms. The lowest BCUT2D eigenvalue weighted by Gasteiger charge is -2.39. The van der Waals surface area contributed by atoms with Crippen molar-refractivity contribution in [3.8, 4) is 16.9 Å². The summed E-state index contributed by atoms with van der Waals surface area (Å²) in [7, 11) is -2.27. The van der Waals surface area contributed by atoms with Gasteiger partial charge in [-0.25, -0.2) is 9.59 Å². The van der Waals surface area contributed by atoms with E-state index in [-0.39, 0.29) is 34.5 Å². The molecule has 6 N–H and O–H groups in total. The summed E-state index contributed by atoms with van der Waals surface area (Å²) in [6.07, 6.45) is 2.90. The van der Waals surface area contributed by atoms with Gasteiger partial charge in [-0.15, -0.1) is 0 Å². The average molecular weight is 832 g/mol. The van der Waals surface area contributed by atoms with E-state index < -0.39 is 20.2 Å². The highest BCUT2D eigenvalue weighted by Gasteiger charge is 2.40. The normalized spacial score (nSPS) is 16.6. The molecule has 12 nitrogen and oxygen atoms in total. The van der Waals surface area contributed by atoms with E-state index in [4.69, 9.17) is 14.6 Å². The Labute approximate surface area is 351 Å². The van der Waals surface area contributed by atoms with Crippen molar-refractivity contribution in [1.82, 2.24) is 14.9 Å². The van der Waals surface area contributed by atoms with Crippen LogP contribution in [-0.2, 0) is 23.9 Å². The van der Waals surface area contributed by atoms with Gasteiger partial charge in [0.1, 0.15) is 5.75 Å². The molecule has 2 heterocycles. The van der Waals surface area contributed by atoms with Crippen LogP contribution in [0.2, 0.25) is 18.1 Å². The maximum Gasteiger partial charge on any atom is 0.419 e. The van der Waals surface area contributed by atoms with Crippen molar-refractivity contribution in [2.24, 2.45) is 5.73 Å². The Balaban J connectivity index is 1.09. The third kappa shape index (κ3) is 9.29. The minimum atomic E-state index is -2.27. The van der Waals surface area contributed by atoms with E-state index in [0.29, 0.717) is 67.6 Å². The first-order chi connectivity index (χ1) is 28.6. The van der Waals surface area contributed by atoms with E-state index in [2.05, 4.69) is 44.2 Å². The molecule has 0 aliphatic heterocycles. The van der Waals surface area contributed by atoms with Crippen molar-refractivity contribution < 1.29 is 23.9 Å². The van der Waals surface area contributed by atoms with Gasteiger partial charge in [-0.3, -0.25) is 14.3 Å². The highest BCUT2D eigenvalue weighted by Crippen LogP contribution is 2.41. The Hall–Kier alpha value is -5.47. The number of phenolic OH excluding ortho intramolecular Hbond substituents is 1. The van der Waals surface area contributed by atoms with Crippen molar-refractivity contribution in [3.05, 3.63) is 129 Å². The van der Waals surface area contributed by atoms with Gasteiger partial charge in [0, 0.05) is 48.7 Å². The van der Waals surface area contributed by atoms with Crippen LogP contribution in [0.4, 0.5) is 10.5 Å². The Kier molecular flexibility index (Phi) is 12.5. The number of aryl methyl sites for hydroxylation is 2. The van der Waals surface area contributed by atoms with Crippen molar-refractivity contribution in [1.29, 1.82) is 0 Å². The van der Waals surface area contributed by atoms with E-state index in [0.717, 1.165) is 46.0 Å². The quantitative estimate of drug-likeness (QED) is 0.0671. The summed E-state index contributed by atoms with van der Waals surface area (Å²) in [5.74, 6) is -0.427. The van der Waals surface area contributed by atoms with E-state index in [1.807, 2.05) is 72.8 Å². The summed E-state index contributed by atoms with van der Waals surface area (Å²) in [6, 6.07) is 28.2. The molecular weight excluding hydrogens is 775 g/mol. The summed E-state index contributed by atoms with van der Waals surface area (Å²) in [4.78, 5) is 42.5. The number of phenols is 1. The summed E-state index contributed by atoms with van der Waals surface area (Å²) in [6.45, 7) is 12.3. The maximum atomic E-state index is 13.2. The topological polar surface area (TPSA) is 176 Å². The van der Waals surface area contributed by atoms with Crippen LogP contribution in [0, 0.1) is 0 Å². The fourth-order valence-corrected chi connectivity index (χ4v) is 9.39. The van der Waals surface area contributed by atoms with Crippen LogP contribution in [-0.4, -0.2) is 52.8 Å². The number of carbonyl (C=O) groups is 1. The molecule has 1 atom stereocenters. The molecule has 7 rings (SSSR count). The Bertz CT molecular complexity index is 2590. The average Bonchev–Trinajstić information content (AvgIpc) is 3.52. The maximum absolute atomic E-state index is 13.2. The number of carboxylic acid groups (broad SMARTS) is 1. The van der Waals surface area contributed by atoms with Gasteiger partial charge in [0.2, 0.25) is 5.56 Å². The summed E-state index contributed by atoms with van der Waals surface area (Å²) >= 11 is 0. The number of hydrogen-bond acceptors (Lipinski definition) is 8. The number of benzene rings is 4. The Morgan fingerprint density at radius 1 is 0.983 bits per heavy atom. The van der Waals surface area contributed by atoms with Crippen LogP contribution in [0.5, 0.6) is 5.75 Å². The highest BCUT2D eigenvalue weighted by molar-refractivity contribution is 6.74. The lowest BCUT2D eigenvalue weighted by atomic mass is 9.89. The van der Waals surface area contributed by atoms with E-state index in [1.54, 1.807) is 16.7 Å². The molecule has 1 fully saturated rings. The fraction of sp³-hybridized carbons (Fsp3) is 0.383.